The molecule has 9 aromatic carbocycles. The first-order chi connectivity index (χ1) is 58.3. The highest BCUT2D eigenvalue weighted by molar-refractivity contribution is 6.13. The summed E-state index contributed by atoms with van der Waals surface area (Å²) in [7, 11) is 2.11. The Labute approximate surface area is 677 Å². The largest absolute Gasteiger partial charge is 0.454 e. The zero-order valence-electron chi connectivity index (χ0n) is 78.1. The van der Waals surface area contributed by atoms with Crippen LogP contribution >= 0.6 is 0 Å². The molecule has 0 spiro atoms. The van der Waals surface area contributed by atoms with Crippen LogP contribution in [0.15, 0.2) is 246 Å². The van der Waals surface area contributed by atoms with Gasteiger partial charge in [-0.1, -0.05) is 140 Å². The predicted molar refractivity (Wildman–Crippen MR) is 473 cm³/mol. The minimum atomic E-state index is -2.45. The normalized spacial score (nSPS) is 19.9. The van der Waals surface area contributed by atoms with E-state index in [4.69, 9.17) is 23.9 Å². The number of aryl methyl sites for hydroxylation is 7. The molecule has 0 radical (unpaired) electrons. The molecule has 5 aromatic heterocycles. The molecule has 112 heavy (non-hydrogen) atoms. The standard InChI is InChI=1S/C25H26N2O.C24H24N2O.C17H21N3.C16H19N3.C15H17N3/c1-15(2)26-18(5)27(22-12-7-6-11-21(22)26)23-16(3)13-14-20-19-10-8-9-17(4)24(19)28-25(20)23;1-5-25-17(4)26(21-12-7-6-11-20(21)25)22-15(2)13-14-19-18-10-8-9-16(3)23(18)27-24(19)22;1-12(2)19-14(4)20(15-9-6-5-8-13(15)3)17-16(19)10-7-11-18-17;1-4-18-13(3)19(14-9-6-5-8-12(14)2)16-15(18)10-7-11-17-16;1-11-7-4-5-8-13(11)18-12(2)17(3)14-9-6-10-16-15(14)18/h6-15,18H,1-5H3;6-14,17H,5H2,1-4H3;5-12,14H,1-4H3;5-11,13H,4H2,1-3H3;4-10,12H,1-3H3/t18-;17-;14-;13-;12-/m11111/s1/i1D3;5D2;1D3,12D;4D2;/t15?,18-;m;12?,14-;m;. The van der Waals surface area contributed by atoms with Crippen molar-refractivity contribution in [3.8, 4) is 0 Å². The average molecular weight is 1500 g/mol. The van der Waals surface area contributed by atoms with Crippen molar-refractivity contribution < 1.29 is 23.9 Å². The van der Waals surface area contributed by atoms with E-state index < -0.39 is 38.8 Å². The van der Waals surface area contributed by atoms with E-state index in [2.05, 4.69) is 217 Å². The molecule has 2 unspecified atom stereocenters. The predicted octanol–water partition coefficient (Wildman–Crippen LogP) is 24.6. The van der Waals surface area contributed by atoms with E-state index in [0.717, 1.165) is 140 Å². The van der Waals surface area contributed by atoms with Gasteiger partial charge in [0.15, 0.2) is 28.6 Å². The van der Waals surface area contributed by atoms with Crippen LogP contribution in [-0.4, -0.2) is 77.9 Å². The highest BCUT2D eigenvalue weighted by Gasteiger charge is 2.41. The van der Waals surface area contributed by atoms with Crippen molar-refractivity contribution in [2.24, 2.45) is 0 Å². The molecule has 0 fully saturated rings. The maximum absolute atomic E-state index is 8.55. The van der Waals surface area contributed by atoms with Crippen molar-refractivity contribution in [3.63, 3.8) is 0 Å². The van der Waals surface area contributed by atoms with Gasteiger partial charge in [-0.15, -0.1) is 0 Å². The molecule has 5 aliphatic rings. The minimum absolute atomic E-state index is 0.129. The molecule has 0 saturated carbocycles. The van der Waals surface area contributed by atoms with E-state index in [1.54, 1.807) is 49.0 Å². The smallest absolute Gasteiger partial charge is 0.159 e. The molecular formula is C97H107N13O2. The lowest BCUT2D eigenvalue weighted by Crippen LogP contribution is -2.42. The summed E-state index contributed by atoms with van der Waals surface area (Å²) in [5.41, 5.74) is 23.2. The Balaban J connectivity index is 0.000000121. The first kappa shape index (κ1) is 62.8. The Hall–Kier alpha value is -12.0. The number of fused-ring (bicyclic) bond motifs is 11. The summed E-state index contributed by atoms with van der Waals surface area (Å²) < 4.78 is 102. The Kier molecular flexibility index (Phi) is 17.4. The number of benzene rings is 9. The van der Waals surface area contributed by atoms with Gasteiger partial charge in [-0.3, -0.25) is 0 Å². The van der Waals surface area contributed by atoms with Gasteiger partial charge in [-0.05, 0) is 242 Å². The number of nitrogens with zero attached hydrogens (tertiary/aromatic N) is 13. The number of pyridine rings is 3. The van der Waals surface area contributed by atoms with Crippen molar-refractivity contribution in [1.82, 2.24) is 15.0 Å². The fourth-order valence-electron chi connectivity index (χ4n) is 17.2. The number of anilines is 15. The van der Waals surface area contributed by atoms with Gasteiger partial charge < -0.3 is 57.8 Å². The molecule has 0 aliphatic carbocycles. The molecule has 0 saturated heterocycles. The molecule has 15 nitrogen and oxygen atoms in total. The second-order valence-corrected chi connectivity index (χ2v) is 29.5. The SMILES string of the molecule is Cc1ccccc1N1c2ncccc2N(C)[C@H]1C.[2H]C([2H])(C)N1c2ccccc2N(c2c(C)ccc3c2oc2c(C)cccc23)[C@@H]1C.[2H]C([2H])(C)N1c2cccnc2N(c2ccccc2C)[C@@H]1C.[2H]C([2H])([2H])C(C)N1c2ccccc2N(c2c(C)ccc3c2oc2c(C)cccc23)[C@@H]1C.[2H]C([2H])([2H])C([2H])(C)N1c2cccnc2N(c2ccccc2C)[C@@H]1C. The Morgan fingerprint density at radius 3 is 1.18 bits per heavy atom. The fraction of sp³-hybridized carbons (Fsp3) is 0.289. The van der Waals surface area contributed by atoms with E-state index in [-0.39, 0.29) is 30.8 Å². The maximum Gasteiger partial charge on any atom is 0.159 e. The summed E-state index contributed by atoms with van der Waals surface area (Å²) in [6.07, 6.45) is 4.77. The molecule has 0 N–H and O–H groups in total. The number of hydrogen-bond donors (Lipinski definition) is 0. The zero-order chi connectivity index (χ0) is 88.2. The second-order valence-electron chi connectivity index (χ2n) is 29.5. The van der Waals surface area contributed by atoms with Crippen LogP contribution in [0.4, 0.5) is 85.7 Å². The Morgan fingerprint density at radius 2 is 0.696 bits per heavy atom. The average Bonchev–Trinajstić information content (AvgIpc) is 1.58. The van der Waals surface area contributed by atoms with Crippen LogP contribution in [0.25, 0.3) is 43.9 Å². The number of furan rings is 2. The topological polar surface area (TPSA) is 97.4 Å². The first-order valence-corrected chi connectivity index (χ1v) is 38.6. The molecule has 15 heteroatoms. The molecule has 572 valence electrons. The monoisotopic (exact) mass is 1500 g/mol. The van der Waals surface area contributed by atoms with Crippen LogP contribution < -0.4 is 49.0 Å². The Morgan fingerprint density at radius 1 is 0.339 bits per heavy atom. The lowest BCUT2D eigenvalue weighted by Gasteiger charge is -2.33. The van der Waals surface area contributed by atoms with Crippen molar-refractivity contribution in [3.05, 3.63) is 276 Å². The Bertz CT molecular complexity index is 6280. The summed E-state index contributed by atoms with van der Waals surface area (Å²) in [6, 6.07) is 70.6. The summed E-state index contributed by atoms with van der Waals surface area (Å²) in [5.74, 6) is 2.54. The van der Waals surface area contributed by atoms with Gasteiger partial charge in [-0.2, -0.15) is 0 Å². The van der Waals surface area contributed by atoms with Gasteiger partial charge in [0.25, 0.3) is 0 Å². The van der Waals surface area contributed by atoms with Gasteiger partial charge in [0.1, 0.15) is 42.0 Å². The highest BCUT2D eigenvalue weighted by atomic mass is 16.3. The van der Waals surface area contributed by atoms with Crippen LogP contribution in [0.5, 0.6) is 0 Å². The number of para-hydroxylation sites is 9. The van der Waals surface area contributed by atoms with Crippen LogP contribution in [0, 0.1) is 48.5 Å². The molecule has 19 rings (SSSR count). The lowest BCUT2D eigenvalue weighted by molar-refractivity contribution is 0.602. The third kappa shape index (κ3) is 13.0. The summed E-state index contributed by atoms with van der Waals surface area (Å²) in [6.45, 7) is 23.7. The van der Waals surface area contributed by atoms with Crippen molar-refractivity contribution in [2.45, 2.75) is 167 Å². The summed E-state index contributed by atoms with van der Waals surface area (Å²) >= 11 is 0. The van der Waals surface area contributed by atoms with Gasteiger partial charge >= 0.3 is 0 Å². The van der Waals surface area contributed by atoms with Crippen LogP contribution in [-0.2, 0) is 0 Å². The molecule has 5 aliphatic heterocycles. The van der Waals surface area contributed by atoms with E-state index in [9.17, 15) is 0 Å². The third-order valence-electron chi connectivity index (χ3n) is 22.6. The minimum Gasteiger partial charge on any atom is -0.454 e. The molecular weight excluding hydrogens is 1380 g/mol. The van der Waals surface area contributed by atoms with Crippen LogP contribution in [0.2, 0.25) is 0 Å². The zero-order valence-corrected chi connectivity index (χ0v) is 67.1. The van der Waals surface area contributed by atoms with Crippen LogP contribution in [0.1, 0.15) is 130 Å². The van der Waals surface area contributed by atoms with E-state index in [1.807, 2.05) is 146 Å². The second kappa shape index (κ2) is 31.1. The van der Waals surface area contributed by atoms with Gasteiger partial charge in [-0.25, -0.2) is 15.0 Å². The molecule has 10 heterocycles. The van der Waals surface area contributed by atoms with Gasteiger partial charge in [0.05, 0.1) is 52.6 Å². The summed E-state index contributed by atoms with van der Waals surface area (Å²) in [5, 5.41) is 4.38. The fourth-order valence-corrected chi connectivity index (χ4v) is 17.2. The van der Waals surface area contributed by atoms with Crippen molar-refractivity contribution >= 4 is 130 Å². The van der Waals surface area contributed by atoms with Crippen molar-refractivity contribution in [1.29, 1.82) is 0 Å². The molecule has 0 amide bonds. The molecule has 14 aromatic rings. The van der Waals surface area contributed by atoms with Crippen LogP contribution in [0.3, 0.4) is 0 Å². The number of aromatic nitrogens is 3. The molecule has 7 atom stereocenters. The van der Waals surface area contributed by atoms with Crippen molar-refractivity contribution in [2.75, 3.05) is 69.0 Å². The van der Waals surface area contributed by atoms with E-state index in [0.29, 0.717) is 11.5 Å². The van der Waals surface area contributed by atoms with E-state index >= 15 is 0 Å². The first-order valence-electron chi connectivity index (χ1n) is 44.1. The lowest BCUT2D eigenvalue weighted by atomic mass is 10.1. The third-order valence-corrected chi connectivity index (χ3v) is 22.6. The quantitative estimate of drug-likeness (QED) is 0.137. The van der Waals surface area contributed by atoms with Gasteiger partial charge in [0.2, 0.25) is 0 Å². The number of rotatable bonds is 9. The number of hydrogen-bond acceptors (Lipinski definition) is 15. The highest BCUT2D eigenvalue weighted by Crippen LogP contribution is 2.53. The van der Waals surface area contributed by atoms with Gasteiger partial charge in [0, 0.05) is 103 Å². The maximum atomic E-state index is 8.55. The molecule has 0 bridgehead atoms. The van der Waals surface area contributed by atoms with E-state index in [1.165, 1.54) is 23.9 Å². The summed E-state index contributed by atoms with van der Waals surface area (Å²) in [4.78, 5) is 33.9.